The molecule has 192 valence electrons. The van der Waals surface area contributed by atoms with Crippen molar-refractivity contribution in [1.29, 1.82) is 0 Å². The third-order valence-electron chi connectivity index (χ3n) is 7.93. The molecule has 1 unspecified atom stereocenters. The molecule has 0 radical (unpaired) electrons. The zero-order chi connectivity index (χ0) is 25.0. The Labute approximate surface area is 223 Å². The molecule has 4 aromatic rings. The van der Waals surface area contributed by atoms with Crippen molar-refractivity contribution in [1.82, 2.24) is 35.0 Å². The van der Waals surface area contributed by atoms with Gasteiger partial charge in [-0.05, 0) is 60.7 Å². The summed E-state index contributed by atoms with van der Waals surface area (Å²) in [6.45, 7) is 7.19. The van der Waals surface area contributed by atoms with E-state index in [-0.39, 0.29) is 6.04 Å². The molecule has 6 rings (SSSR count). The first-order chi connectivity index (χ1) is 18.2. The van der Waals surface area contributed by atoms with E-state index in [1.54, 1.807) is 11.3 Å². The third kappa shape index (κ3) is 5.66. The topological polar surface area (TPSA) is 63.0 Å². The van der Waals surface area contributed by atoms with Crippen molar-refractivity contribution < 1.29 is 0 Å². The van der Waals surface area contributed by atoms with Crippen molar-refractivity contribution in [2.45, 2.75) is 57.7 Å². The molecule has 0 bridgehead atoms. The van der Waals surface area contributed by atoms with Gasteiger partial charge in [0.05, 0.1) is 23.3 Å². The Morgan fingerprint density at radius 3 is 2.49 bits per heavy atom. The van der Waals surface area contributed by atoms with Crippen LogP contribution in [0.1, 0.15) is 53.7 Å². The van der Waals surface area contributed by atoms with Crippen LogP contribution in [0, 0.1) is 6.92 Å². The third-order valence-corrected chi connectivity index (χ3v) is 8.70. The number of thiazole rings is 1. The fraction of sp³-hybridized carbons (Fsp3) is 0.448. The zero-order valence-corrected chi connectivity index (χ0v) is 22.4. The minimum atomic E-state index is 0.132. The lowest BCUT2D eigenvalue weighted by atomic mass is 9.91. The van der Waals surface area contributed by atoms with Crippen LogP contribution in [0.4, 0.5) is 0 Å². The zero-order valence-electron chi connectivity index (χ0n) is 21.5. The number of hydrogen-bond acceptors (Lipinski definition) is 7. The van der Waals surface area contributed by atoms with E-state index in [9.17, 15) is 0 Å². The first-order valence-corrected chi connectivity index (χ1v) is 14.4. The Balaban J connectivity index is 1.26. The minimum Gasteiger partial charge on any atom is -0.299 e. The van der Waals surface area contributed by atoms with Crippen molar-refractivity contribution in [3.63, 3.8) is 0 Å². The SMILES string of the molecule is Cc1nc(-c2ccc(CC(c3nnnn3Cc3ccccc3)N3CCCN(C4CCC4)CC3)cc2)cs1. The Bertz CT molecular complexity index is 1280. The maximum atomic E-state index is 4.66. The van der Waals surface area contributed by atoms with E-state index in [0.29, 0.717) is 6.54 Å². The quantitative estimate of drug-likeness (QED) is 0.331. The standard InChI is InChI=1S/C29H35N7S/c1-22-30-27(21-37-22)25-13-11-23(12-14-25)19-28(35-16-6-15-34(17-18-35)26-9-5-10-26)29-31-32-33-36(29)20-24-7-3-2-4-8-24/h2-4,7-8,11-14,21,26,28H,5-6,9-10,15-20H2,1H3. The number of hydrogen-bond donors (Lipinski definition) is 0. The van der Waals surface area contributed by atoms with Crippen molar-refractivity contribution in [3.05, 3.63) is 81.9 Å². The summed E-state index contributed by atoms with van der Waals surface area (Å²) in [5.41, 5.74) is 4.74. The molecular formula is C29H35N7S. The largest absolute Gasteiger partial charge is 0.299 e. The monoisotopic (exact) mass is 513 g/mol. The fourth-order valence-electron chi connectivity index (χ4n) is 5.62. The highest BCUT2D eigenvalue weighted by Gasteiger charge is 2.31. The van der Waals surface area contributed by atoms with Gasteiger partial charge in [-0.2, -0.15) is 0 Å². The number of aromatic nitrogens is 5. The van der Waals surface area contributed by atoms with E-state index >= 15 is 0 Å². The smallest absolute Gasteiger partial charge is 0.169 e. The fourth-order valence-corrected chi connectivity index (χ4v) is 6.24. The van der Waals surface area contributed by atoms with Crippen LogP contribution in [0.25, 0.3) is 11.3 Å². The summed E-state index contributed by atoms with van der Waals surface area (Å²) >= 11 is 1.70. The molecule has 7 nitrogen and oxygen atoms in total. The number of aryl methyl sites for hydroxylation is 1. The molecule has 2 aromatic heterocycles. The summed E-state index contributed by atoms with van der Waals surface area (Å²) in [5, 5.41) is 16.4. The molecule has 2 aromatic carbocycles. The molecule has 1 aliphatic heterocycles. The van der Waals surface area contributed by atoms with Crippen molar-refractivity contribution in [2.24, 2.45) is 0 Å². The maximum absolute atomic E-state index is 4.66. The maximum Gasteiger partial charge on any atom is 0.169 e. The van der Waals surface area contributed by atoms with Crippen LogP contribution in [0.5, 0.6) is 0 Å². The number of rotatable bonds is 8. The summed E-state index contributed by atoms with van der Waals surface area (Å²) in [6.07, 6.45) is 6.19. The summed E-state index contributed by atoms with van der Waals surface area (Å²) in [5.74, 6) is 0.958. The van der Waals surface area contributed by atoms with Crippen LogP contribution in [0.15, 0.2) is 60.0 Å². The van der Waals surface area contributed by atoms with Gasteiger partial charge in [0, 0.05) is 36.6 Å². The summed E-state index contributed by atoms with van der Waals surface area (Å²) < 4.78 is 2.00. The van der Waals surface area contributed by atoms with Crippen LogP contribution in [-0.2, 0) is 13.0 Å². The summed E-state index contributed by atoms with van der Waals surface area (Å²) in [7, 11) is 0. The lowest BCUT2D eigenvalue weighted by Crippen LogP contribution is -2.42. The average molecular weight is 514 g/mol. The van der Waals surface area contributed by atoms with Crippen molar-refractivity contribution >= 4 is 11.3 Å². The summed E-state index contributed by atoms with van der Waals surface area (Å²) in [4.78, 5) is 10.0. The lowest BCUT2D eigenvalue weighted by molar-refractivity contribution is 0.124. The van der Waals surface area contributed by atoms with Gasteiger partial charge >= 0.3 is 0 Å². The molecule has 1 atom stereocenters. The minimum absolute atomic E-state index is 0.132. The Morgan fingerprint density at radius 1 is 0.919 bits per heavy atom. The molecule has 1 saturated heterocycles. The first kappa shape index (κ1) is 24.4. The Hall–Kier alpha value is -2.94. The van der Waals surface area contributed by atoms with Gasteiger partial charge in [-0.25, -0.2) is 9.67 Å². The normalized spacial score (nSPS) is 18.4. The molecule has 0 spiro atoms. The van der Waals surface area contributed by atoms with Gasteiger partial charge < -0.3 is 0 Å². The number of benzene rings is 2. The molecule has 37 heavy (non-hydrogen) atoms. The van der Waals surface area contributed by atoms with Crippen LogP contribution in [-0.4, -0.2) is 67.2 Å². The van der Waals surface area contributed by atoms with E-state index in [1.807, 2.05) is 4.68 Å². The number of nitrogens with zero attached hydrogens (tertiary/aromatic N) is 7. The van der Waals surface area contributed by atoms with Crippen LogP contribution in [0.2, 0.25) is 0 Å². The molecule has 2 aliphatic rings. The van der Waals surface area contributed by atoms with Gasteiger partial charge in [0.1, 0.15) is 0 Å². The average Bonchev–Trinajstić information content (AvgIpc) is 3.46. The van der Waals surface area contributed by atoms with E-state index < -0.39 is 0 Å². The van der Waals surface area contributed by atoms with Gasteiger partial charge in [-0.3, -0.25) is 9.80 Å². The van der Waals surface area contributed by atoms with Gasteiger partial charge in [0.15, 0.2) is 5.82 Å². The highest BCUT2D eigenvalue weighted by molar-refractivity contribution is 7.09. The first-order valence-electron chi connectivity index (χ1n) is 13.5. The van der Waals surface area contributed by atoms with Crippen LogP contribution in [0.3, 0.4) is 0 Å². The second-order valence-corrected chi connectivity index (χ2v) is 11.4. The van der Waals surface area contributed by atoms with Gasteiger partial charge in [-0.15, -0.1) is 16.4 Å². The van der Waals surface area contributed by atoms with Crippen LogP contribution >= 0.6 is 11.3 Å². The second-order valence-electron chi connectivity index (χ2n) is 10.4. The predicted octanol–water partition coefficient (Wildman–Crippen LogP) is 5.00. The molecular weight excluding hydrogens is 478 g/mol. The van der Waals surface area contributed by atoms with E-state index in [2.05, 4.69) is 97.2 Å². The van der Waals surface area contributed by atoms with Gasteiger partial charge in [0.2, 0.25) is 0 Å². The Morgan fingerprint density at radius 2 is 1.76 bits per heavy atom. The number of tetrazole rings is 1. The van der Waals surface area contributed by atoms with Crippen molar-refractivity contribution in [3.8, 4) is 11.3 Å². The van der Waals surface area contributed by atoms with E-state index in [0.717, 1.165) is 48.6 Å². The van der Waals surface area contributed by atoms with Gasteiger partial charge in [-0.1, -0.05) is 61.0 Å². The molecule has 8 heteroatoms. The molecule has 0 amide bonds. The molecule has 0 N–H and O–H groups in total. The van der Waals surface area contributed by atoms with Crippen LogP contribution < -0.4 is 0 Å². The second kappa shape index (κ2) is 11.2. The van der Waals surface area contributed by atoms with E-state index in [4.69, 9.17) is 0 Å². The van der Waals surface area contributed by atoms with Crippen molar-refractivity contribution in [2.75, 3.05) is 26.2 Å². The highest BCUT2D eigenvalue weighted by Crippen LogP contribution is 2.30. The molecule has 1 saturated carbocycles. The predicted molar refractivity (Wildman–Crippen MR) is 147 cm³/mol. The molecule has 1 aliphatic carbocycles. The van der Waals surface area contributed by atoms with Gasteiger partial charge in [0.25, 0.3) is 0 Å². The molecule has 3 heterocycles. The Kier molecular flexibility index (Phi) is 7.39. The lowest BCUT2D eigenvalue weighted by Gasteiger charge is -2.37. The highest BCUT2D eigenvalue weighted by atomic mass is 32.1. The van der Waals surface area contributed by atoms with E-state index in [1.165, 1.54) is 48.9 Å². The molecule has 2 fully saturated rings. The summed E-state index contributed by atoms with van der Waals surface area (Å²) in [6, 6.07) is 20.3.